The van der Waals surface area contributed by atoms with E-state index in [0.29, 0.717) is 11.8 Å². The third-order valence-corrected chi connectivity index (χ3v) is 5.27. The van der Waals surface area contributed by atoms with Crippen LogP contribution in [0.3, 0.4) is 0 Å². The Morgan fingerprint density at radius 1 is 1.11 bits per heavy atom. The van der Waals surface area contributed by atoms with Crippen molar-refractivity contribution in [3.05, 3.63) is 64.9 Å². The van der Waals surface area contributed by atoms with Gasteiger partial charge in [-0.1, -0.05) is 40.2 Å². The van der Waals surface area contributed by atoms with Crippen LogP contribution in [0.15, 0.2) is 59.1 Å². The van der Waals surface area contributed by atoms with Gasteiger partial charge in [0, 0.05) is 15.8 Å². The third-order valence-electron chi connectivity index (χ3n) is 3.64. The van der Waals surface area contributed by atoms with E-state index < -0.39 is 0 Å². The van der Waals surface area contributed by atoms with Crippen LogP contribution in [-0.2, 0) is 4.79 Å². The Hall–Kier alpha value is -2.65. The summed E-state index contributed by atoms with van der Waals surface area (Å²) in [6, 6.07) is 17.0. The van der Waals surface area contributed by atoms with Gasteiger partial charge in [-0.25, -0.2) is 0 Å². The van der Waals surface area contributed by atoms with E-state index >= 15 is 0 Å². The van der Waals surface area contributed by atoms with Crippen LogP contribution in [0.2, 0.25) is 0 Å². The summed E-state index contributed by atoms with van der Waals surface area (Å²) in [5.41, 5.74) is 7.42. The fourth-order valence-corrected chi connectivity index (χ4v) is 3.46. The summed E-state index contributed by atoms with van der Waals surface area (Å²) in [6.45, 7) is 1.93. The van der Waals surface area contributed by atoms with Crippen molar-refractivity contribution in [2.75, 3.05) is 22.1 Å². The molecule has 9 heteroatoms. The van der Waals surface area contributed by atoms with Crippen molar-refractivity contribution in [1.82, 2.24) is 15.0 Å². The summed E-state index contributed by atoms with van der Waals surface area (Å²) >= 11 is 4.81. The van der Waals surface area contributed by atoms with Crippen LogP contribution in [0.4, 0.5) is 23.3 Å². The molecule has 1 heterocycles. The molecule has 3 aromatic rings. The monoisotopic (exact) mass is 458 g/mol. The van der Waals surface area contributed by atoms with Gasteiger partial charge >= 0.3 is 0 Å². The second-order valence-corrected chi connectivity index (χ2v) is 8.12. The molecule has 3 rings (SSSR count). The smallest absolute Gasteiger partial charge is 0.234 e. The Bertz CT molecular complexity index is 956. The number of hydrogen-bond donors (Lipinski definition) is 3. The average molecular weight is 459 g/mol. The van der Waals surface area contributed by atoms with Gasteiger partial charge in [0.2, 0.25) is 17.8 Å². The Labute approximate surface area is 175 Å². The summed E-state index contributed by atoms with van der Waals surface area (Å²) in [5, 5.41) is 5.84. The second kappa shape index (κ2) is 9.52. The van der Waals surface area contributed by atoms with Crippen LogP contribution in [0.1, 0.15) is 18.0 Å². The number of benzene rings is 2. The van der Waals surface area contributed by atoms with Crippen molar-refractivity contribution in [2.45, 2.75) is 12.2 Å². The van der Waals surface area contributed by atoms with Gasteiger partial charge in [-0.2, -0.15) is 15.0 Å². The minimum atomic E-state index is -0.130. The van der Waals surface area contributed by atoms with E-state index in [9.17, 15) is 4.79 Å². The number of nitrogens with zero attached hydrogens (tertiary/aromatic N) is 3. The predicted molar refractivity (Wildman–Crippen MR) is 118 cm³/mol. The first-order valence-electron chi connectivity index (χ1n) is 8.50. The molecule has 7 nitrogen and oxygen atoms in total. The minimum Gasteiger partial charge on any atom is -0.368 e. The number of carbonyl (C=O) groups excluding carboxylic acids is 1. The number of nitrogens with two attached hydrogens (primary N) is 1. The lowest BCUT2D eigenvalue weighted by molar-refractivity contribution is -0.113. The lowest BCUT2D eigenvalue weighted by atomic mass is 10.3. The highest BCUT2D eigenvalue weighted by atomic mass is 79.9. The molecular formula is C19H19BrN6OS. The molecule has 1 amide bonds. The Morgan fingerprint density at radius 2 is 1.86 bits per heavy atom. The fraction of sp³-hybridized carbons (Fsp3) is 0.158. The number of hydrogen-bond acceptors (Lipinski definition) is 7. The minimum absolute atomic E-state index is 0.0976. The molecule has 0 aliphatic carbocycles. The quantitative estimate of drug-likeness (QED) is 0.481. The summed E-state index contributed by atoms with van der Waals surface area (Å²) in [7, 11) is 0. The zero-order valence-corrected chi connectivity index (χ0v) is 17.5. The van der Waals surface area contributed by atoms with Gasteiger partial charge in [-0.05, 0) is 37.3 Å². The number of rotatable bonds is 7. The highest BCUT2D eigenvalue weighted by molar-refractivity contribution is 9.10. The number of para-hydroxylation sites is 1. The molecule has 0 aliphatic heterocycles. The summed E-state index contributed by atoms with van der Waals surface area (Å²) in [6.07, 6.45) is 0. The number of carbonyl (C=O) groups is 1. The van der Waals surface area contributed by atoms with E-state index in [1.54, 1.807) is 0 Å². The van der Waals surface area contributed by atoms with Crippen molar-refractivity contribution in [3.8, 4) is 0 Å². The average Bonchev–Trinajstić information content (AvgIpc) is 2.66. The van der Waals surface area contributed by atoms with E-state index in [4.69, 9.17) is 5.73 Å². The molecule has 144 valence electrons. The summed E-state index contributed by atoms with van der Waals surface area (Å²) < 4.78 is 0.908. The van der Waals surface area contributed by atoms with Gasteiger partial charge in [0.25, 0.3) is 0 Å². The molecule has 0 bridgehead atoms. The first kappa shape index (κ1) is 20.1. The maximum absolute atomic E-state index is 12.2. The SMILES string of the molecule is CC(SCC(=O)Nc1cccc(Br)c1)c1nc(N)nc(Nc2ccccc2)n1. The van der Waals surface area contributed by atoms with E-state index in [-0.39, 0.29) is 22.9 Å². The number of thioether (sulfide) groups is 1. The zero-order chi connectivity index (χ0) is 19.9. The van der Waals surface area contributed by atoms with Crippen molar-refractivity contribution >= 4 is 56.9 Å². The zero-order valence-electron chi connectivity index (χ0n) is 15.1. The molecule has 0 spiro atoms. The van der Waals surface area contributed by atoms with Crippen LogP contribution < -0.4 is 16.4 Å². The molecule has 1 atom stereocenters. The predicted octanol–water partition coefficient (Wildman–Crippen LogP) is 4.39. The Balaban J connectivity index is 1.60. The van der Waals surface area contributed by atoms with E-state index in [1.165, 1.54) is 11.8 Å². The maximum atomic E-state index is 12.2. The molecule has 0 saturated heterocycles. The molecule has 28 heavy (non-hydrogen) atoms. The lowest BCUT2D eigenvalue weighted by Crippen LogP contribution is -2.15. The van der Waals surface area contributed by atoms with Gasteiger partial charge in [0.15, 0.2) is 0 Å². The number of aromatic nitrogens is 3. The fourth-order valence-electron chi connectivity index (χ4n) is 2.34. The Morgan fingerprint density at radius 3 is 2.61 bits per heavy atom. The highest BCUT2D eigenvalue weighted by Crippen LogP contribution is 2.27. The molecule has 1 unspecified atom stereocenters. The van der Waals surface area contributed by atoms with E-state index in [0.717, 1.165) is 15.8 Å². The van der Waals surface area contributed by atoms with Crippen molar-refractivity contribution < 1.29 is 4.79 Å². The van der Waals surface area contributed by atoms with Crippen LogP contribution in [0.5, 0.6) is 0 Å². The molecule has 0 radical (unpaired) electrons. The third kappa shape index (κ3) is 5.93. The number of anilines is 4. The molecule has 4 N–H and O–H groups in total. The van der Waals surface area contributed by atoms with Gasteiger partial charge in [0.1, 0.15) is 5.82 Å². The van der Waals surface area contributed by atoms with Gasteiger partial charge in [-0.15, -0.1) is 11.8 Å². The van der Waals surface area contributed by atoms with E-state index in [1.807, 2.05) is 61.5 Å². The topological polar surface area (TPSA) is 106 Å². The highest BCUT2D eigenvalue weighted by Gasteiger charge is 2.15. The van der Waals surface area contributed by atoms with Gasteiger partial charge in [0.05, 0.1) is 11.0 Å². The van der Waals surface area contributed by atoms with Crippen molar-refractivity contribution in [3.63, 3.8) is 0 Å². The normalized spacial score (nSPS) is 11.6. The van der Waals surface area contributed by atoms with Crippen molar-refractivity contribution in [1.29, 1.82) is 0 Å². The number of amides is 1. The van der Waals surface area contributed by atoms with E-state index in [2.05, 4.69) is 41.5 Å². The molecule has 0 fully saturated rings. The molecule has 0 aliphatic rings. The number of nitrogens with one attached hydrogen (secondary N) is 2. The van der Waals surface area contributed by atoms with Crippen LogP contribution >= 0.6 is 27.7 Å². The van der Waals surface area contributed by atoms with Crippen LogP contribution in [0, 0.1) is 0 Å². The maximum Gasteiger partial charge on any atom is 0.234 e. The molecular weight excluding hydrogens is 440 g/mol. The largest absolute Gasteiger partial charge is 0.368 e. The molecule has 1 aromatic heterocycles. The number of halogens is 1. The van der Waals surface area contributed by atoms with Crippen LogP contribution in [0.25, 0.3) is 0 Å². The summed E-state index contributed by atoms with van der Waals surface area (Å²) in [4.78, 5) is 25.0. The number of nitrogen functional groups attached to an aromatic ring is 1. The van der Waals surface area contributed by atoms with Crippen LogP contribution in [-0.4, -0.2) is 26.6 Å². The Kier molecular flexibility index (Phi) is 6.83. The van der Waals surface area contributed by atoms with Gasteiger partial charge < -0.3 is 16.4 Å². The first-order valence-corrected chi connectivity index (χ1v) is 10.3. The van der Waals surface area contributed by atoms with Gasteiger partial charge in [-0.3, -0.25) is 4.79 Å². The van der Waals surface area contributed by atoms with Crippen molar-refractivity contribution in [2.24, 2.45) is 0 Å². The second-order valence-electron chi connectivity index (χ2n) is 5.88. The molecule has 2 aromatic carbocycles. The first-order chi connectivity index (χ1) is 13.5. The summed E-state index contributed by atoms with van der Waals surface area (Å²) in [5.74, 6) is 1.20. The lowest BCUT2D eigenvalue weighted by Gasteiger charge is -2.12. The molecule has 0 saturated carbocycles. The standard InChI is InChI=1S/C19H19BrN6OS/c1-12(28-11-16(27)22-15-9-5-6-13(20)10-15)17-24-18(21)26-19(25-17)23-14-7-3-2-4-8-14/h2-10,12H,11H2,1H3,(H,22,27)(H3,21,23,24,25,26).